The number of aryl methyl sites for hydroxylation is 1. The molecule has 4 rings (SSSR count). The minimum Gasteiger partial charge on any atom is -0.253 e. The number of pyridine rings is 1. The molecule has 2 heterocycles. The van der Waals surface area contributed by atoms with Crippen LogP contribution in [-0.4, -0.2) is 19.4 Å². The molecule has 0 fully saturated rings. The van der Waals surface area contributed by atoms with Gasteiger partial charge in [-0.15, -0.1) is 0 Å². The van der Waals surface area contributed by atoms with Crippen molar-refractivity contribution in [2.75, 3.05) is 15.3 Å². The fraction of sp³-hybridized carbons (Fsp3) is 0.211. The zero-order chi connectivity index (χ0) is 17.6. The van der Waals surface area contributed by atoms with Gasteiger partial charge in [0.15, 0.2) is 12.2 Å². The van der Waals surface area contributed by atoms with Crippen LogP contribution < -0.4 is 8.87 Å². The van der Waals surface area contributed by atoms with E-state index in [1.165, 1.54) is 0 Å². The predicted octanol–water partition coefficient (Wildman–Crippen LogP) is 3.62. The second kappa shape index (κ2) is 6.25. The molecule has 2 aromatic carbocycles. The molecule has 1 aliphatic rings. The molecule has 0 N–H and O–H groups in total. The Kier molecular flexibility index (Phi) is 4.19. The highest BCUT2D eigenvalue weighted by Gasteiger charge is 2.38. The van der Waals surface area contributed by atoms with E-state index in [4.69, 9.17) is 0 Å². The number of sulfonamides is 1. The van der Waals surface area contributed by atoms with Gasteiger partial charge in [0.1, 0.15) is 5.69 Å². The van der Waals surface area contributed by atoms with Gasteiger partial charge >= 0.3 is 0 Å². The maximum Gasteiger partial charge on any atom is 0.264 e. The molecule has 0 spiro atoms. The Morgan fingerprint density at radius 3 is 2.56 bits per heavy atom. The number of aromatic nitrogens is 1. The minimum atomic E-state index is -3.59. The standard InChI is InChI=1S/C19H18IN2O2S/c1-14-7-9-17(10-8-14)25(23,24)22-13-16(12-20)21-11-3-5-15-4-2-6-18(22)19(15)21/h2-11,16H,12-13H2,1H3/q+1. The summed E-state index contributed by atoms with van der Waals surface area (Å²) in [6.45, 7) is 2.40. The van der Waals surface area contributed by atoms with Crippen molar-refractivity contribution in [1.82, 2.24) is 0 Å². The van der Waals surface area contributed by atoms with Crippen molar-refractivity contribution in [1.29, 1.82) is 0 Å². The van der Waals surface area contributed by atoms with Crippen LogP contribution in [0.3, 0.4) is 0 Å². The summed E-state index contributed by atoms with van der Waals surface area (Å²) in [6.07, 6.45) is 2.05. The SMILES string of the molecule is Cc1ccc(S(=O)(=O)N2CC(CI)[n+]3cccc4cccc2c43)cc1. The van der Waals surface area contributed by atoms with Crippen LogP contribution in [0, 0.1) is 6.92 Å². The summed E-state index contributed by atoms with van der Waals surface area (Å²) in [5, 5.41) is 1.05. The third-order valence-corrected chi connectivity index (χ3v) is 7.46. The smallest absolute Gasteiger partial charge is 0.253 e. The van der Waals surface area contributed by atoms with Crippen LogP contribution in [0.2, 0.25) is 0 Å². The van der Waals surface area contributed by atoms with Crippen molar-refractivity contribution in [3.05, 3.63) is 66.4 Å². The van der Waals surface area contributed by atoms with Crippen molar-refractivity contribution >= 4 is 49.2 Å². The number of benzene rings is 2. The molecule has 0 saturated carbocycles. The van der Waals surface area contributed by atoms with Crippen LogP contribution in [0.4, 0.5) is 5.69 Å². The zero-order valence-corrected chi connectivity index (χ0v) is 16.7. The van der Waals surface area contributed by atoms with Crippen LogP contribution in [0.5, 0.6) is 0 Å². The molecular weight excluding hydrogens is 447 g/mol. The Hall–Kier alpha value is -1.67. The van der Waals surface area contributed by atoms with Crippen LogP contribution in [0.25, 0.3) is 10.9 Å². The molecule has 4 nitrogen and oxygen atoms in total. The first-order valence-electron chi connectivity index (χ1n) is 8.10. The molecule has 1 aliphatic heterocycles. The van der Waals surface area contributed by atoms with Crippen molar-refractivity contribution in [2.45, 2.75) is 17.9 Å². The number of alkyl halides is 1. The summed E-state index contributed by atoms with van der Waals surface area (Å²) >= 11 is 2.33. The van der Waals surface area contributed by atoms with Crippen molar-refractivity contribution < 1.29 is 13.0 Å². The molecule has 0 radical (unpaired) electrons. The fourth-order valence-electron chi connectivity index (χ4n) is 3.35. The first kappa shape index (κ1) is 16.8. The van der Waals surface area contributed by atoms with Crippen LogP contribution in [-0.2, 0) is 10.0 Å². The second-order valence-electron chi connectivity index (χ2n) is 6.29. The number of hydrogen-bond donors (Lipinski definition) is 0. The second-order valence-corrected chi connectivity index (χ2v) is 9.03. The van der Waals surface area contributed by atoms with Gasteiger partial charge < -0.3 is 0 Å². The number of anilines is 1. The first-order chi connectivity index (χ1) is 12.0. The fourth-order valence-corrected chi connectivity index (χ4v) is 5.56. The molecule has 1 atom stereocenters. The summed E-state index contributed by atoms with van der Waals surface area (Å²) < 4.78 is 31.3. The van der Waals surface area contributed by atoms with Crippen LogP contribution in [0.15, 0.2) is 65.7 Å². The molecule has 1 unspecified atom stereocenters. The molecule has 0 amide bonds. The van der Waals surface area contributed by atoms with Crippen molar-refractivity contribution in [3.63, 3.8) is 0 Å². The summed E-state index contributed by atoms with van der Waals surface area (Å²) in [5.41, 5.74) is 2.78. The predicted molar refractivity (Wildman–Crippen MR) is 108 cm³/mol. The molecule has 0 aliphatic carbocycles. The molecule has 0 bridgehead atoms. The largest absolute Gasteiger partial charge is 0.264 e. The zero-order valence-electron chi connectivity index (χ0n) is 13.8. The third-order valence-electron chi connectivity index (χ3n) is 4.65. The maximum absolute atomic E-state index is 13.3. The summed E-state index contributed by atoms with van der Waals surface area (Å²) in [5.74, 6) is 0. The van der Waals surface area contributed by atoms with Crippen LogP contribution in [0.1, 0.15) is 11.6 Å². The average molecular weight is 465 g/mol. The van der Waals surface area contributed by atoms with Gasteiger partial charge in [-0.05, 0) is 37.3 Å². The monoisotopic (exact) mass is 465 g/mol. The number of halogens is 1. The van der Waals surface area contributed by atoms with E-state index in [1.54, 1.807) is 16.4 Å². The van der Waals surface area contributed by atoms with Crippen molar-refractivity contribution in [3.8, 4) is 0 Å². The molecule has 0 saturated heterocycles. The first-order valence-corrected chi connectivity index (χ1v) is 11.1. The normalized spacial score (nSPS) is 17.0. The van der Waals surface area contributed by atoms with E-state index in [2.05, 4.69) is 27.2 Å². The Morgan fingerprint density at radius 2 is 1.84 bits per heavy atom. The molecule has 6 heteroatoms. The summed E-state index contributed by atoms with van der Waals surface area (Å²) in [4.78, 5) is 0.340. The topological polar surface area (TPSA) is 41.3 Å². The minimum absolute atomic E-state index is 0.111. The molecule has 25 heavy (non-hydrogen) atoms. The number of para-hydroxylation sites is 1. The Bertz CT molecular complexity index is 1040. The van der Waals surface area contributed by atoms with E-state index in [0.29, 0.717) is 11.4 Å². The van der Waals surface area contributed by atoms with Gasteiger partial charge in [0.25, 0.3) is 10.0 Å². The van der Waals surface area contributed by atoms with E-state index in [-0.39, 0.29) is 6.04 Å². The summed E-state index contributed by atoms with van der Waals surface area (Å²) in [7, 11) is -3.59. The number of nitrogens with zero attached hydrogens (tertiary/aromatic N) is 2. The Balaban J connectivity index is 1.95. The molecular formula is C19H18IN2O2S+. The lowest BCUT2D eigenvalue weighted by molar-refractivity contribution is -0.691. The van der Waals surface area contributed by atoms with Crippen LogP contribution >= 0.6 is 22.6 Å². The molecule has 3 aromatic rings. The van der Waals surface area contributed by atoms with E-state index in [1.807, 2.05) is 55.6 Å². The van der Waals surface area contributed by atoms with E-state index in [0.717, 1.165) is 26.6 Å². The summed E-state index contributed by atoms with van der Waals surface area (Å²) in [6, 6.07) is 17.1. The lowest BCUT2D eigenvalue weighted by Crippen LogP contribution is -2.53. The lowest BCUT2D eigenvalue weighted by Gasteiger charge is -2.30. The maximum atomic E-state index is 13.3. The number of rotatable bonds is 3. The van der Waals surface area contributed by atoms with E-state index in [9.17, 15) is 8.42 Å². The highest BCUT2D eigenvalue weighted by Crippen LogP contribution is 2.34. The van der Waals surface area contributed by atoms with Crippen molar-refractivity contribution in [2.24, 2.45) is 0 Å². The quantitative estimate of drug-likeness (QED) is 0.337. The van der Waals surface area contributed by atoms with Gasteiger partial charge in [0.2, 0.25) is 5.52 Å². The number of hydrogen-bond acceptors (Lipinski definition) is 2. The third kappa shape index (κ3) is 2.71. The Morgan fingerprint density at radius 1 is 1.12 bits per heavy atom. The van der Waals surface area contributed by atoms with Gasteiger partial charge in [-0.3, -0.25) is 4.31 Å². The average Bonchev–Trinajstić information content (AvgIpc) is 2.62. The Labute approximate surface area is 161 Å². The van der Waals surface area contributed by atoms with Gasteiger partial charge in [0.05, 0.1) is 15.9 Å². The highest BCUT2D eigenvalue weighted by atomic mass is 127. The van der Waals surface area contributed by atoms with E-state index >= 15 is 0 Å². The van der Waals surface area contributed by atoms with Gasteiger partial charge in [-0.25, -0.2) is 8.42 Å². The highest BCUT2D eigenvalue weighted by molar-refractivity contribution is 14.1. The van der Waals surface area contributed by atoms with Gasteiger partial charge in [-0.1, -0.05) is 46.4 Å². The molecule has 128 valence electrons. The van der Waals surface area contributed by atoms with E-state index < -0.39 is 10.0 Å². The molecule has 1 aromatic heterocycles. The van der Waals surface area contributed by atoms with Gasteiger partial charge in [0, 0.05) is 11.5 Å². The van der Waals surface area contributed by atoms with Gasteiger partial charge in [-0.2, -0.15) is 4.57 Å². The lowest BCUT2D eigenvalue weighted by atomic mass is 10.1.